The van der Waals surface area contributed by atoms with Crippen LogP contribution in [0.1, 0.15) is 18.5 Å². The van der Waals surface area contributed by atoms with Gasteiger partial charge in [-0.25, -0.2) is 0 Å². The minimum atomic E-state index is 0.0355. The summed E-state index contributed by atoms with van der Waals surface area (Å²) in [7, 11) is 3.95. The highest BCUT2D eigenvalue weighted by Gasteiger charge is 2.26. The lowest BCUT2D eigenvalue weighted by atomic mass is 9.93. The van der Waals surface area contributed by atoms with E-state index in [2.05, 4.69) is 4.90 Å². The summed E-state index contributed by atoms with van der Waals surface area (Å²) in [5, 5.41) is 10.1. The van der Waals surface area contributed by atoms with Gasteiger partial charge in [0, 0.05) is 23.7 Å². The van der Waals surface area contributed by atoms with E-state index in [1.807, 2.05) is 27.1 Å². The third-order valence-corrected chi connectivity index (χ3v) is 3.69. The van der Waals surface area contributed by atoms with Crippen molar-refractivity contribution in [3.63, 3.8) is 0 Å². The molecule has 1 aliphatic heterocycles. The molecule has 0 saturated carbocycles. The standard InChI is InChI=1S/C14H20ClNO3/c1-9(8-17)14(16(2)3)10-6-12-13(7-11(10)15)19-5-4-18-12/h6-7,9,14,17H,4-5,8H2,1-3H3. The maximum Gasteiger partial charge on any atom is 0.162 e. The van der Waals surface area contributed by atoms with Crippen LogP contribution >= 0.6 is 11.6 Å². The summed E-state index contributed by atoms with van der Waals surface area (Å²) >= 11 is 6.36. The maximum atomic E-state index is 9.42. The highest BCUT2D eigenvalue weighted by molar-refractivity contribution is 6.31. The van der Waals surface area contributed by atoms with Gasteiger partial charge in [0.15, 0.2) is 11.5 Å². The topological polar surface area (TPSA) is 41.9 Å². The molecular formula is C14H20ClNO3. The molecule has 106 valence electrons. The number of nitrogens with zero attached hydrogens (tertiary/aromatic N) is 1. The normalized spacial score (nSPS) is 17.4. The van der Waals surface area contributed by atoms with E-state index in [9.17, 15) is 5.11 Å². The predicted octanol–water partition coefficient (Wildman–Crippen LogP) is 2.34. The summed E-state index contributed by atoms with van der Waals surface area (Å²) in [6, 6.07) is 3.76. The van der Waals surface area contributed by atoms with Gasteiger partial charge in [-0.05, 0) is 31.6 Å². The predicted molar refractivity (Wildman–Crippen MR) is 75.1 cm³/mol. The zero-order chi connectivity index (χ0) is 14.0. The summed E-state index contributed by atoms with van der Waals surface area (Å²) in [4.78, 5) is 2.05. The second-order valence-electron chi connectivity index (χ2n) is 5.09. The van der Waals surface area contributed by atoms with Gasteiger partial charge in [0.25, 0.3) is 0 Å². The number of rotatable bonds is 4. The van der Waals surface area contributed by atoms with Crippen LogP contribution in [-0.4, -0.2) is 43.9 Å². The van der Waals surface area contributed by atoms with Gasteiger partial charge in [-0.1, -0.05) is 18.5 Å². The molecule has 0 aromatic heterocycles. The summed E-state index contributed by atoms with van der Waals surface area (Å²) in [5.41, 5.74) is 0.956. The van der Waals surface area contributed by atoms with Crippen molar-refractivity contribution in [2.24, 2.45) is 5.92 Å². The average Bonchev–Trinajstić information content (AvgIpc) is 2.39. The smallest absolute Gasteiger partial charge is 0.162 e. The molecule has 2 atom stereocenters. The van der Waals surface area contributed by atoms with Crippen LogP contribution < -0.4 is 9.47 Å². The van der Waals surface area contributed by atoms with Gasteiger partial charge >= 0.3 is 0 Å². The van der Waals surface area contributed by atoms with E-state index < -0.39 is 0 Å². The Balaban J connectivity index is 2.42. The first kappa shape index (κ1) is 14.4. The van der Waals surface area contributed by atoms with E-state index in [-0.39, 0.29) is 18.6 Å². The Labute approximate surface area is 118 Å². The van der Waals surface area contributed by atoms with Crippen molar-refractivity contribution in [3.8, 4) is 11.5 Å². The second kappa shape index (κ2) is 5.99. The Kier molecular flexibility index (Phi) is 4.55. The minimum absolute atomic E-state index is 0.0355. The quantitative estimate of drug-likeness (QED) is 0.922. The van der Waals surface area contributed by atoms with Crippen molar-refractivity contribution in [1.29, 1.82) is 0 Å². The number of fused-ring (bicyclic) bond motifs is 1. The van der Waals surface area contributed by atoms with Crippen molar-refractivity contribution in [3.05, 3.63) is 22.7 Å². The maximum absolute atomic E-state index is 9.42. The minimum Gasteiger partial charge on any atom is -0.486 e. The Hall–Kier alpha value is -0.970. The fourth-order valence-electron chi connectivity index (χ4n) is 2.50. The number of aliphatic hydroxyl groups excluding tert-OH is 1. The molecule has 0 radical (unpaired) electrons. The Bertz CT molecular complexity index is 451. The van der Waals surface area contributed by atoms with Crippen LogP contribution in [0.5, 0.6) is 11.5 Å². The second-order valence-corrected chi connectivity index (χ2v) is 5.49. The van der Waals surface area contributed by atoms with Crippen LogP contribution in [0.2, 0.25) is 5.02 Å². The van der Waals surface area contributed by atoms with Gasteiger partial charge in [0.2, 0.25) is 0 Å². The summed E-state index contributed by atoms with van der Waals surface area (Å²) in [5.74, 6) is 1.49. The molecule has 1 N–H and O–H groups in total. The molecule has 0 fully saturated rings. The fourth-order valence-corrected chi connectivity index (χ4v) is 2.77. The number of hydrogen-bond donors (Lipinski definition) is 1. The van der Waals surface area contributed by atoms with E-state index in [0.717, 1.165) is 11.3 Å². The molecule has 2 unspecified atom stereocenters. The molecule has 1 aromatic rings. The van der Waals surface area contributed by atoms with Crippen molar-refractivity contribution in [2.75, 3.05) is 33.9 Å². The Morgan fingerprint density at radius 1 is 1.26 bits per heavy atom. The van der Waals surface area contributed by atoms with Gasteiger partial charge < -0.3 is 19.5 Å². The molecule has 1 heterocycles. The lowest BCUT2D eigenvalue weighted by Crippen LogP contribution is -2.28. The number of halogens is 1. The average molecular weight is 286 g/mol. The summed E-state index contributed by atoms with van der Waals surface area (Å²) in [6.07, 6.45) is 0. The van der Waals surface area contributed by atoms with E-state index in [0.29, 0.717) is 24.0 Å². The SMILES string of the molecule is CC(CO)C(c1cc2c(cc1Cl)OCCO2)N(C)C. The largest absolute Gasteiger partial charge is 0.486 e. The first-order valence-corrected chi connectivity index (χ1v) is 6.78. The van der Waals surface area contributed by atoms with Gasteiger partial charge in [-0.15, -0.1) is 0 Å². The molecule has 0 amide bonds. The molecule has 5 heteroatoms. The summed E-state index contributed by atoms with van der Waals surface area (Å²) < 4.78 is 11.1. The van der Waals surface area contributed by atoms with Crippen LogP contribution in [0.3, 0.4) is 0 Å². The van der Waals surface area contributed by atoms with Crippen molar-refractivity contribution in [1.82, 2.24) is 4.90 Å². The lowest BCUT2D eigenvalue weighted by molar-refractivity contribution is 0.144. The van der Waals surface area contributed by atoms with Crippen molar-refractivity contribution in [2.45, 2.75) is 13.0 Å². The third-order valence-electron chi connectivity index (χ3n) is 3.36. The van der Waals surface area contributed by atoms with E-state index in [1.165, 1.54) is 0 Å². The lowest BCUT2D eigenvalue weighted by Gasteiger charge is -2.31. The number of ether oxygens (including phenoxy) is 2. The van der Waals surface area contributed by atoms with Crippen molar-refractivity contribution >= 4 is 11.6 Å². The number of aliphatic hydroxyl groups is 1. The molecule has 1 aromatic carbocycles. The molecule has 2 rings (SSSR count). The van der Waals surface area contributed by atoms with Crippen LogP contribution in [0.4, 0.5) is 0 Å². The zero-order valence-corrected chi connectivity index (χ0v) is 12.3. The molecule has 0 bridgehead atoms. The zero-order valence-electron chi connectivity index (χ0n) is 11.5. The van der Waals surface area contributed by atoms with E-state index >= 15 is 0 Å². The number of hydrogen-bond acceptors (Lipinski definition) is 4. The molecular weight excluding hydrogens is 266 g/mol. The van der Waals surface area contributed by atoms with Crippen LogP contribution in [0, 0.1) is 5.92 Å². The Morgan fingerprint density at radius 3 is 2.37 bits per heavy atom. The first-order chi connectivity index (χ1) is 9.04. The third kappa shape index (κ3) is 2.96. The van der Waals surface area contributed by atoms with Gasteiger partial charge in [0.1, 0.15) is 13.2 Å². The van der Waals surface area contributed by atoms with Crippen LogP contribution in [0.15, 0.2) is 12.1 Å². The molecule has 0 aliphatic carbocycles. The monoisotopic (exact) mass is 285 g/mol. The van der Waals surface area contributed by atoms with E-state index in [4.69, 9.17) is 21.1 Å². The van der Waals surface area contributed by atoms with Gasteiger partial charge in [0.05, 0.1) is 0 Å². The van der Waals surface area contributed by atoms with Crippen LogP contribution in [-0.2, 0) is 0 Å². The molecule has 1 aliphatic rings. The van der Waals surface area contributed by atoms with E-state index in [1.54, 1.807) is 6.07 Å². The van der Waals surface area contributed by atoms with Gasteiger partial charge in [-0.2, -0.15) is 0 Å². The van der Waals surface area contributed by atoms with Crippen molar-refractivity contribution < 1.29 is 14.6 Å². The first-order valence-electron chi connectivity index (χ1n) is 6.41. The molecule has 4 nitrogen and oxygen atoms in total. The molecule has 19 heavy (non-hydrogen) atoms. The fraction of sp³-hybridized carbons (Fsp3) is 0.571. The van der Waals surface area contributed by atoms with Gasteiger partial charge in [-0.3, -0.25) is 0 Å². The highest BCUT2D eigenvalue weighted by Crippen LogP contribution is 2.40. The summed E-state index contributed by atoms with van der Waals surface area (Å²) in [6.45, 7) is 3.20. The highest BCUT2D eigenvalue weighted by atomic mass is 35.5. The number of benzene rings is 1. The Morgan fingerprint density at radius 2 is 1.84 bits per heavy atom. The molecule has 0 spiro atoms. The molecule has 0 saturated heterocycles. The van der Waals surface area contributed by atoms with Crippen LogP contribution in [0.25, 0.3) is 0 Å².